The minimum Gasteiger partial charge on any atom is -0.323 e. The largest absolute Gasteiger partial charge is 0.323 e. The molecule has 0 aromatic carbocycles. The lowest BCUT2D eigenvalue weighted by Gasteiger charge is -2.27. The third-order valence-corrected chi connectivity index (χ3v) is 3.04. The minimum absolute atomic E-state index is 0.156. The van der Waals surface area contributed by atoms with Crippen LogP contribution < -0.4 is 5.73 Å². The van der Waals surface area contributed by atoms with Crippen molar-refractivity contribution in [1.82, 2.24) is 0 Å². The van der Waals surface area contributed by atoms with Gasteiger partial charge < -0.3 is 5.73 Å². The van der Waals surface area contributed by atoms with E-state index in [-0.39, 0.29) is 11.5 Å². The van der Waals surface area contributed by atoms with E-state index in [4.69, 9.17) is 5.73 Å². The van der Waals surface area contributed by atoms with Crippen LogP contribution in [0.25, 0.3) is 0 Å². The number of thiophene rings is 1. The molecule has 0 aliphatic heterocycles. The van der Waals surface area contributed by atoms with Crippen molar-refractivity contribution in [1.29, 1.82) is 0 Å². The quantitative estimate of drug-likeness (QED) is 0.711. The van der Waals surface area contributed by atoms with Crippen LogP contribution in [-0.4, -0.2) is 0 Å². The second-order valence-electron chi connectivity index (χ2n) is 4.35. The number of nitrogens with two attached hydrogens (primary N) is 1. The van der Waals surface area contributed by atoms with Crippen LogP contribution in [-0.2, 0) is 0 Å². The van der Waals surface area contributed by atoms with E-state index in [9.17, 15) is 0 Å². The van der Waals surface area contributed by atoms with E-state index >= 15 is 0 Å². The molecule has 0 aliphatic carbocycles. The lowest BCUT2D eigenvalue weighted by atomic mass is 9.83. The highest BCUT2D eigenvalue weighted by molar-refractivity contribution is 7.08. The molecule has 0 spiro atoms. The monoisotopic (exact) mass is 183 g/mol. The third kappa shape index (κ3) is 1.87. The van der Waals surface area contributed by atoms with Crippen LogP contribution in [0.4, 0.5) is 0 Å². The molecule has 0 aliphatic rings. The zero-order valence-corrected chi connectivity index (χ0v) is 9.03. The molecule has 0 bridgehead atoms. The maximum absolute atomic E-state index is 6.12. The topological polar surface area (TPSA) is 26.0 Å². The van der Waals surface area contributed by atoms with E-state index in [1.807, 2.05) is 0 Å². The van der Waals surface area contributed by atoms with Gasteiger partial charge in [-0.15, -0.1) is 0 Å². The summed E-state index contributed by atoms with van der Waals surface area (Å²) >= 11 is 1.73. The summed E-state index contributed by atoms with van der Waals surface area (Å²) in [5.74, 6) is 0. The van der Waals surface area contributed by atoms with Crippen LogP contribution in [0.3, 0.4) is 0 Å². The van der Waals surface area contributed by atoms with Crippen molar-refractivity contribution in [2.24, 2.45) is 11.1 Å². The van der Waals surface area contributed by atoms with Crippen LogP contribution in [0.15, 0.2) is 10.8 Å². The average molecular weight is 183 g/mol. The van der Waals surface area contributed by atoms with Crippen LogP contribution in [0.5, 0.6) is 0 Å². The summed E-state index contributed by atoms with van der Waals surface area (Å²) in [6.45, 7) is 8.65. The molecule has 0 radical (unpaired) electrons. The van der Waals surface area contributed by atoms with Gasteiger partial charge in [0.1, 0.15) is 0 Å². The summed E-state index contributed by atoms with van der Waals surface area (Å²) in [6, 6.07) is 0.156. The SMILES string of the molecule is Cc1cscc1C(N)C(C)(C)C. The Hall–Kier alpha value is -0.340. The van der Waals surface area contributed by atoms with Crippen LogP contribution in [0.2, 0.25) is 0 Å². The van der Waals surface area contributed by atoms with Crippen molar-refractivity contribution in [3.05, 3.63) is 21.9 Å². The molecular formula is C10H17NS. The van der Waals surface area contributed by atoms with E-state index in [2.05, 4.69) is 38.5 Å². The van der Waals surface area contributed by atoms with Crippen LogP contribution in [0, 0.1) is 12.3 Å². The summed E-state index contributed by atoms with van der Waals surface area (Å²) in [7, 11) is 0. The van der Waals surface area contributed by atoms with E-state index in [0.29, 0.717) is 0 Å². The summed E-state index contributed by atoms with van der Waals surface area (Å²) < 4.78 is 0. The van der Waals surface area contributed by atoms with Gasteiger partial charge in [0, 0.05) is 6.04 Å². The molecule has 1 aromatic rings. The molecule has 0 saturated heterocycles. The first-order valence-electron chi connectivity index (χ1n) is 4.21. The van der Waals surface area contributed by atoms with Gasteiger partial charge in [0.2, 0.25) is 0 Å². The van der Waals surface area contributed by atoms with Crippen molar-refractivity contribution in [2.75, 3.05) is 0 Å². The Bertz CT molecular complexity index is 257. The fourth-order valence-corrected chi connectivity index (χ4v) is 2.04. The fraction of sp³-hybridized carbons (Fsp3) is 0.600. The first-order chi connectivity index (χ1) is 5.43. The van der Waals surface area contributed by atoms with Gasteiger partial charge in [-0.2, -0.15) is 11.3 Å². The van der Waals surface area contributed by atoms with Gasteiger partial charge in [-0.1, -0.05) is 20.8 Å². The van der Waals surface area contributed by atoms with E-state index in [0.717, 1.165) is 0 Å². The summed E-state index contributed by atoms with van der Waals surface area (Å²) in [6.07, 6.45) is 0. The van der Waals surface area contributed by atoms with E-state index < -0.39 is 0 Å². The van der Waals surface area contributed by atoms with Crippen molar-refractivity contribution in [3.63, 3.8) is 0 Å². The van der Waals surface area contributed by atoms with Crippen LogP contribution >= 0.6 is 11.3 Å². The molecule has 1 rings (SSSR count). The Morgan fingerprint density at radius 2 is 1.92 bits per heavy atom. The first-order valence-corrected chi connectivity index (χ1v) is 5.15. The minimum atomic E-state index is 0.156. The number of rotatable bonds is 1. The van der Waals surface area contributed by atoms with Gasteiger partial charge in [-0.05, 0) is 34.2 Å². The second kappa shape index (κ2) is 3.19. The Labute approximate surface area is 78.6 Å². The smallest absolute Gasteiger partial charge is 0.0355 e. The Morgan fingerprint density at radius 1 is 1.33 bits per heavy atom. The average Bonchev–Trinajstić information content (AvgIpc) is 2.31. The number of aryl methyl sites for hydroxylation is 1. The van der Waals surface area contributed by atoms with E-state index in [1.165, 1.54) is 11.1 Å². The molecule has 1 unspecified atom stereocenters. The van der Waals surface area contributed by atoms with E-state index in [1.54, 1.807) is 11.3 Å². The molecule has 2 N–H and O–H groups in total. The molecule has 1 nitrogen and oxygen atoms in total. The van der Waals surface area contributed by atoms with Gasteiger partial charge in [0.25, 0.3) is 0 Å². The normalized spacial score (nSPS) is 14.8. The zero-order valence-electron chi connectivity index (χ0n) is 8.22. The number of hydrogen-bond donors (Lipinski definition) is 1. The molecular weight excluding hydrogens is 166 g/mol. The second-order valence-corrected chi connectivity index (χ2v) is 5.10. The predicted molar refractivity (Wildman–Crippen MR) is 55.4 cm³/mol. The molecule has 1 heterocycles. The van der Waals surface area contributed by atoms with Crippen molar-refractivity contribution >= 4 is 11.3 Å². The lowest BCUT2D eigenvalue weighted by molar-refractivity contribution is 0.326. The Balaban J connectivity index is 2.92. The molecule has 0 amide bonds. The van der Waals surface area contributed by atoms with Gasteiger partial charge in [-0.3, -0.25) is 0 Å². The van der Waals surface area contributed by atoms with Crippen molar-refractivity contribution < 1.29 is 0 Å². The molecule has 2 heteroatoms. The summed E-state index contributed by atoms with van der Waals surface area (Å²) in [5.41, 5.74) is 8.90. The molecule has 68 valence electrons. The standard InChI is InChI=1S/C10H17NS/c1-7-5-12-6-8(7)9(11)10(2,3)4/h5-6,9H,11H2,1-4H3. The van der Waals surface area contributed by atoms with Crippen molar-refractivity contribution in [3.8, 4) is 0 Å². The van der Waals surface area contributed by atoms with Gasteiger partial charge in [0.05, 0.1) is 0 Å². The molecule has 1 aromatic heterocycles. The lowest BCUT2D eigenvalue weighted by Crippen LogP contribution is -2.26. The van der Waals surface area contributed by atoms with Gasteiger partial charge in [0.15, 0.2) is 0 Å². The predicted octanol–water partition coefficient (Wildman–Crippen LogP) is 3.10. The highest BCUT2D eigenvalue weighted by Gasteiger charge is 2.23. The fourth-order valence-electron chi connectivity index (χ4n) is 1.16. The van der Waals surface area contributed by atoms with Gasteiger partial charge >= 0.3 is 0 Å². The maximum Gasteiger partial charge on any atom is 0.0355 e. The van der Waals surface area contributed by atoms with Crippen molar-refractivity contribution in [2.45, 2.75) is 33.7 Å². The highest BCUT2D eigenvalue weighted by Crippen LogP contribution is 2.33. The Kier molecular flexibility index (Phi) is 2.59. The highest BCUT2D eigenvalue weighted by atomic mass is 32.1. The summed E-state index contributed by atoms with van der Waals surface area (Å²) in [4.78, 5) is 0. The van der Waals surface area contributed by atoms with Gasteiger partial charge in [-0.25, -0.2) is 0 Å². The third-order valence-electron chi connectivity index (χ3n) is 2.16. The summed E-state index contributed by atoms with van der Waals surface area (Å²) in [5, 5.41) is 4.31. The Morgan fingerprint density at radius 3 is 2.25 bits per heavy atom. The molecule has 1 atom stereocenters. The molecule has 0 fully saturated rings. The maximum atomic E-state index is 6.12. The molecule has 0 saturated carbocycles. The molecule has 12 heavy (non-hydrogen) atoms. The first kappa shape index (κ1) is 9.75. The number of hydrogen-bond acceptors (Lipinski definition) is 2. The zero-order chi connectivity index (χ0) is 9.35. The van der Waals surface area contributed by atoms with Crippen LogP contribution in [0.1, 0.15) is 37.9 Å².